The van der Waals surface area contributed by atoms with E-state index in [1.165, 1.54) is 25.9 Å². The largest absolute Gasteiger partial charge is 0.495 e. The first kappa shape index (κ1) is 23.4. The van der Waals surface area contributed by atoms with E-state index in [2.05, 4.69) is 34.1 Å². The van der Waals surface area contributed by atoms with Crippen LogP contribution in [-0.2, 0) is 0 Å². The minimum absolute atomic E-state index is 0. The molecular weight excluding hydrogens is 410 g/mol. The van der Waals surface area contributed by atoms with Crippen LogP contribution in [0.25, 0.3) is 0 Å². The van der Waals surface area contributed by atoms with E-state index in [1.54, 1.807) is 7.11 Å². The number of fused-ring (bicyclic) bond motifs is 3. The van der Waals surface area contributed by atoms with E-state index in [0.29, 0.717) is 12.0 Å². The number of rotatable bonds is 7. The quantitative estimate of drug-likeness (QED) is 0.614. The molecule has 3 saturated heterocycles. The van der Waals surface area contributed by atoms with Crippen LogP contribution in [0.2, 0.25) is 0 Å². The van der Waals surface area contributed by atoms with E-state index < -0.39 is 0 Å². The molecule has 0 saturated carbocycles. The van der Waals surface area contributed by atoms with Crippen molar-refractivity contribution in [1.29, 1.82) is 0 Å². The summed E-state index contributed by atoms with van der Waals surface area (Å²) in [7, 11) is 1.74. The number of hydrogen-bond donors (Lipinski definition) is 0. The van der Waals surface area contributed by atoms with Crippen molar-refractivity contribution in [1.82, 2.24) is 9.80 Å². The summed E-state index contributed by atoms with van der Waals surface area (Å²) in [5.74, 6) is 1.66. The maximum atomic E-state index is 12.8. The van der Waals surface area contributed by atoms with Gasteiger partial charge in [-0.05, 0) is 82.1 Å². The Morgan fingerprint density at radius 1 is 1.03 bits per heavy atom. The molecule has 1 atom stereocenters. The molecule has 1 amide bonds. The van der Waals surface area contributed by atoms with Crippen molar-refractivity contribution in [2.75, 3.05) is 44.7 Å². The van der Waals surface area contributed by atoms with E-state index in [1.807, 2.05) is 43.0 Å². The first-order chi connectivity index (χ1) is 14.7. The van der Waals surface area contributed by atoms with Gasteiger partial charge in [0, 0.05) is 36.9 Å². The van der Waals surface area contributed by atoms with Crippen molar-refractivity contribution in [3.8, 4) is 5.75 Å². The van der Waals surface area contributed by atoms with E-state index in [-0.39, 0.29) is 18.3 Å². The third-order valence-electron chi connectivity index (χ3n) is 6.74. The van der Waals surface area contributed by atoms with Gasteiger partial charge in [0.2, 0.25) is 0 Å². The number of carbonyl (C=O) groups is 1. The molecule has 5 rings (SSSR count). The summed E-state index contributed by atoms with van der Waals surface area (Å²) in [6.45, 7) is 8.98. The van der Waals surface area contributed by atoms with E-state index in [9.17, 15) is 4.79 Å². The predicted octanol–water partition coefficient (Wildman–Crippen LogP) is 4.83. The van der Waals surface area contributed by atoms with Gasteiger partial charge in [-0.3, -0.25) is 4.79 Å². The predicted molar refractivity (Wildman–Crippen MR) is 129 cm³/mol. The molecule has 0 N–H and O–H groups in total. The molecule has 2 aromatic rings. The molecule has 0 spiro atoms. The third-order valence-corrected chi connectivity index (χ3v) is 6.74. The van der Waals surface area contributed by atoms with E-state index >= 15 is 0 Å². The summed E-state index contributed by atoms with van der Waals surface area (Å²) in [6, 6.07) is 16.8. The van der Waals surface area contributed by atoms with Crippen LogP contribution in [0.5, 0.6) is 5.75 Å². The van der Waals surface area contributed by atoms with Crippen LogP contribution in [0.15, 0.2) is 48.5 Å². The molecule has 5 nitrogen and oxygen atoms in total. The van der Waals surface area contributed by atoms with Crippen molar-refractivity contribution in [2.24, 2.45) is 5.92 Å². The molecule has 0 radical (unpaired) electrons. The zero-order valence-electron chi connectivity index (χ0n) is 18.8. The smallest absolute Gasteiger partial charge is 0.253 e. The number of halogens is 1. The van der Waals surface area contributed by atoms with Gasteiger partial charge in [0.1, 0.15) is 5.75 Å². The van der Waals surface area contributed by atoms with Crippen LogP contribution in [0, 0.1) is 5.92 Å². The second-order valence-corrected chi connectivity index (χ2v) is 8.27. The number of piperidine rings is 3. The molecule has 3 heterocycles. The van der Waals surface area contributed by atoms with E-state index in [4.69, 9.17) is 4.74 Å². The molecule has 6 heteroatoms. The van der Waals surface area contributed by atoms with Crippen molar-refractivity contribution in [3.63, 3.8) is 0 Å². The van der Waals surface area contributed by atoms with Crippen molar-refractivity contribution < 1.29 is 9.53 Å². The normalized spacial score (nSPS) is 21.8. The molecule has 168 valence electrons. The molecule has 1 unspecified atom stereocenters. The Labute approximate surface area is 192 Å². The van der Waals surface area contributed by atoms with Crippen LogP contribution in [0.4, 0.5) is 11.4 Å². The van der Waals surface area contributed by atoms with E-state index in [0.717, 1.165) is 42.3 Å². The Morgan fingerprint density at radius 2 is 1.68 bits per heavy atom. The third kappa shape index (κ3) is 4.68. The summed E-state index contributed by atoms with van der Waals surface area (Å²) in [6.07, 6.45) is 2.49. The molecule has 3 aliphatic rings. The topological polar surface area (TPSA) is 36.0 Å². The van der Waals surface area contributed by atoms with Gasteiger partial charge in [0.15, 0.2) is 0 Å². The number of para-hydroxylation sites is 2. The molecule has 2 aromatic carbocycles. The highest BCUT2D eigenvalue weighted by Crippen LogP contribution is 2.41. The van der Waals surface area contributed by atoms with Gasteiger partial charge in [-0.25, -0.2) is 0 Å². The molecular formula is C25H34ClN3O2. The number of benzene rings is 2. The van der Waals surface area contributed by atoms with Crippen LogP contribution in [-0.4, -0.2) is 61.6 Å². The number of ether oxygens (including phenoxy) is 1. The zero-order valence-corrected chi connectivity index (χ0v) is 19.6. The molecule has 0 aromatic heterocycles. The Balaban J connectivity index is 0.00000272. The Bertz CT molecular complexity index is 861. The second-order valence-electron chi connectivity index (χ2n) is 8.27. The number of anilines is 2. The van der Waals surface area contributed by atoms with Crippen molar-refractivity contribution in [2.45, 2.75) is 32.7 Å². The molecule has 0 aliphatic carbocycles. The summed E-state index contributed by atoms with van der Waals surface area (Å²) in [5.41, 5.74) is 2.97. The summed E-state index contributed by atoms with van der Waals surface area (Å²) < 4.78 is 5.73. The first-order valence-electron chi connectivity index (χ1n) is 11.2. The Morgan fingerprint density at radius 3 is 2.23 bits per heavy atom. The standard InChI is InChI=1S/C25H33N3O2.ClH/c1-4-27(5-2)25(29)20-10-12-21(13-11-20)28(22-8-6-7-9-24(22)30-3)23-18-26-16-14-19(23)15-17-26;/h6-13,19,23H,4-5,14-18H2,1-3H3;1H. The Kier molecular flexibility index (Phi) is 7.84. The lowest BCUT2D eigenvalue weighted by Gasteiger charge is -2.50. The van der Waals surface area contributed by atoms with Gasteiger partial charge in [0.25, 0.3) is 5.91 Å². The monoisotopic (exact) mass is 443 g/mol. The summed E-state index contributed by atoms with van der Waals surface area (Å²) >= 11 is 0. The first-order valence-corrected chi connectivity index (χ1v) is 11.2. The SMILES string of the molecule is CCN(CC)C(=O)c1ccc(N(c2ccccc2OC)C2CN3CCC2CC3)cc1.Cl. The van der Waals surface area contributed by atoms with Crippen molar-refractivity contribution >= 4 is 29.7 Å². The lowest BCUT2D eigenvalue weighted by atomic mass is 9.82. The minimum Gasteiger partial charge on any atom is -0.495 e. The molecule has 3 aliphatic heterocycles. The lowest BCUT2D eigenvalue weighted by molar-refractivity contribution is 0.0773. The van der Waals surface area contributed by atoms with Crippen LogP contribution < -0.4 is 9.64 Å². The maximum absolute atomic E-state index is 12.8. The lowest BCUT2D eigenvalue weighted by Crippen LogP contribution is -2.56. The molecule has 2 bridgehead atoms. The van der Waals surface area contributed by atoms with Crippen molar-refractivity contribution in [3.05, 3.63) is 54.1 Å². The minimum atomic E-state index is 0. The highest BCUT2D eigenvalue weighted by atomic mass is 35.5. The van der Waals surface area contributed by atoms with Crippen LogP contribution in [0.1, 0.15) is 37.0 Å². The fraction of sp³-hybridized carbons (Fsp3) is 0.480. The van der Waals surface area contributed by atoms with Gasteiger partial charge < -0.3 is 19.4 Å². The highest BCUT2D eigenvalue weighted by molar-refractivity contribution is 5.94. The Hall–Kier alpha value is -2.24. The number of amides is 1. The number of nitrogens with zero attached hydrogens (tertiary/aromatic N) is 3. The number of carbonyl (C=O) groups excluding carboxylic acids is 1. The van der Waals surface area contributed by atoms with Gasteiger partial charge in [-0.2, -0.15) is 0 Å². The second kappa shape index (κ2) is 10.4. The fourth-order valence-corrected chi connectivity index (χ4v) is 5.02. The maximum Gasteiger partial charge on any atom is 0.253 e. The highest BCUT2D eigenvalue weighted by Gasteiger charge is 2.39. The number of hydrogen-bond acceptors (Lipinski definition) is 4. The zero-order chi connectivity index (χ0) is 21.1. The van der Waals surface area contributed by atoms with Gasteiger partial charge in [0.05, 0.1) is 12.8 Å². The van der Waals surface area contributed by atoms with Gasteiger partial charge >= 0.3 is 0 Å². The summed E-state index contributed by atoms with van der Waals surface area (Å²) in [5, 5.41) is 0. The number of methoxy groups -OCH3 is 1. The van der Waals surface area contributed by atoms with Gasteiger partial charge in [-0.15, -0.1) is 12.4 Å². The molecule has 3 fully saturated rings. The fourth-order valence-electron chi connectivity index (χ4n) is 5.02. The summed E-state index contributed by atoms with van der Waals surface area (Å²) in [4.78, 5) is 19.6. The van der Waals surface area contributed by atoms with Crippen LogP contribution in [0.3, 0.4) is 0 Å². The average Bonchev–Trinajstić information content (AvgIpc) is 2.81. The van der Waals surface area contributed by atoms with Gasteiger partial charge in [-0.1, -0.05) is 12.1 Å². The average molecular weight is 444 g/mol. The molecule has 31 heavy (non-hydrogen) atoms. The van der Waals surface area contributed by atoms with Crippen LogP contribution >= 0.6 is 12.4 Å².